The second kappa shape index (κ2) is 9.01. The van der Waals surface area contributed by atoms with E-state index in [0.717, 1.165) is 12.3 Å². The number of aliphatic hydroxyl groups excluding tert-OH is 1. The van der Waals surface area contributed by atoms with E-state index >= 15 is 0 Å². The van der Waals surface area contributed by atoms with Crippen molar-refractivity contribution in [3.63, 3.8) is 0 Å². The van der Waals surface area contributed by atoms with Crippen LogP contribution in [-0.2, 0) is 9.53 Å². The number of nitro benzene ring substituents is 1. The topological polar surface area (TPSA) is 140 Å². The second-order valence-corrected chi connectivity index (χ2v) is 4.55. The van der Waals surface area contributed by atoms with Gasteiger partial charge in [0.25, 0.3) is 11.6 Å². The minimum Gasteiger partial charge on any atom is -0.512 e. The first-order valence-electron chi connectivity index (χ1n) is 7.04. The molecule has 134 valence electrons. The summed E-state index contributed by atoms with van der Waals surface area (Å²) >= 11 is 0. The van der Waals surface area contributed by atoms with Gasteiger partial charge in [-0.25, -0.2) is 4.79 Å². The molecule has 2 N–H and O–H groups in total. The van der Waals surface area contributed by atoms with Crippen molar-refractivity contribution < 1.29 is 29.1 Å². The van der Waals surface area contributed by atoms with Crippen LogP contribution in [0.2, 0.25) is 0 Å². The van der Waals surface area contributed by atoms with Gasteiger partial charge in [0.15, 0.2) is 0 Å². The first-order valence-corrected chi connectivity index (χ1v) is 7.04. The maximum atomic E-state index is 12.0. The Morgan fingerprint density at radius 3 is 2.64 bits per heavy atom. The Balaban J connectivity index is 3.13. The number of carbonyl (C=O) groups excluding carboxylic acids is 2. The van der Waals surface area contributed by atoms with E-state index in [9.17, 15) is 24.8 Å². The number of imide groups is 1. The number of amides is 2. The molecule has 0 aromatic heterocycles. The van der Waals surface area contributed by atoms with E-state index in [-0.39, 0.29) is 29.3 Å². The van der Waals surface area contributed by atoms with Gasteiger partial charge in [-0.1, -0.05) is 0 Å². The minimum absolute atomic E-state index is 0.0647. The number of nitrogens with zero attached hydrogens (tertiary/aromatic N) is 2. The SMILES string of the molecule is CCOC(=O)NC(=O)C(C=Nc1cc([N+](=O)[O-])ccc1OC)=C(C)O. The number of carbonyl (C=O) groups is 2. The Labute approximate surface area is 142 Å². The molecule has 0 unspecified atom stereocenters. The van der Waals surface area contributed by atoms with E-state index in [1.54, 1.807) is 6.92 Å². The molecule has 1 aromatic carbocycles. The lowest BCUT2D eigenvalue weighted by atomic mass is 10.2. The zero-order valence-electron chi connectivity index (χ0n) is 13.8. The van der Waals surface area contributed by atoms with Gasteiger partial charge < -0.3 is 14.6 Å². The molecule has 0 aliphatic heterocycles. The quantitative estimate of drug-likeness (QED) is 0.263. The second-order valence-electron chi connectivity index (χ2n) is 4.55. The third kappa shape index (κ3) is 5.61. The van der Waals surface area contributed by atoms with Crippen LogP contribution in [0.4, 0.5) is 16.2 Å². The average Bonchev–Trinajstić information content (AvgIpc) is 2.54. The van der Waals surface area contributed by atoms with E-state index in [2.05, 4.69) is 9.73 Å². The number of hydrogen-bond acceptors (Lipinski definition) is 8. The van der Waals surface area contributed by atoms with Crippen molar-refractivity contribution in [2.45, 2.75) is 13.8 Å². The molecule has 0 atom stereocenters. The number of rotatable bonds is 6. The normalized spacial score (nSPS) is 11.6. The van der Waals surface area contributed by atoms with Crippen molar-refractivity contribution in [1.82, 2.24) is 5.32 Å². The molecule has 0 saturated heterocycles. The molecule has 0 saturated carbocycles. The summed E-state index contributed by atoms with van der Waals surface area (Å²) in [6.45, 7) is 2.85. The number of aliphatic imine (C=N–C) groups is 1. The smallest absolute Gasteiger partial charge is 0.414 e. The number of alkyl carbamates (subject to hydrolysis) is 1. The van der Waals surface area contributed by atoms with Crippen LogP contribution in [0.25, 0.3) is 0 Å². The van der Waals surface area contributed by atoms with Crippen molar-refractivity contribution in [2.24, 2.45) is 4.99 Å². The fraction of sp³-hybridized carbons (Fsp3) is 0.267. The fourth-order valence-corrected chi connectivity index (χ4v) is 1.67. The summed E-state index contributed by atoms with van der Waals surface area (Å²) in [5.74, 6) is -1.12. The monoisotopic (exact) mass is 351 g/mol. The number of methoxy groups -OCH3 is 1. The van der Waals surface area contributed by atoms with Gasteiger partial charge in [-0.05, 0) is 19.9 Å². The van der Waals surface area contributed by atoms with Crippen molar-refractivity contribution in [1.29, 1.82) is 0 Å². The molecule has 0 bridgehead atoms. The Morgan fingerprint density at radius 2 is 2.12 bits per heavy atom. The maximum Gasteiger partial charge on any atom is 0.414 e. The average molecular weight is 351 g/mol. The molecular formula is C15H17N3O7. The van der Waals surface area contributed by atoms with Crippen LogP contribution in [0.5, 0.6) is 5.75 Å². The van der Waals surface area contributed by atoms with Crippen molar-refractivity contribution in [3.05, 3.63) is 39.6 Å². The summed E-state index contributed by atoms with van der Waals surface area (Å²) in [4.78, 5) is 37.4. The van der Waals surface area contributed by atoms with Crippen LogP contribution in [0, 0.1) is 10.1 Å². The Hall–Kier alpha value is -3.43. The van der Waals surface area contributed by atoms with Crippen LogP contribution in [0.15, 0.2) is 34.5 Å². The Kier molecular flexibility index (Phi) is 7.07. The number of allylic oxidation sites excluding steroid dienone is 1. The van der Waals surface area contributed by atoms with Gasteiger partial charge in [0, 0.05) is 18.3 Å². The Bertz CT molecular complexity index is 737. The molecule has 0 radical (unpaired) electrons. The first-order chi connectivity index (χ1) is 11.8. The highest BCUT2D eigenvalue weighted by molar-refractivity contribution is 6.16. The molecule has 1 rings (SSSR count). The lowest BCUT2D eigenvalue weighted by Gasteiger charge is -2.06. The maximum absolute atomic E-state index is 12.0. The van der Waals surface area contributed by atoms with Crippen LogP contribution in [0.1, 0.15) is 13.8 Å². The van der Waals surface area contributed by atoms with Gasteiger partial charge in [-0.15, -0.1) is 0 Å². The molecule has 0 fully saturated rings. The van der Waals surface area contributed by atoms with Gasteiger partial charge in [-0.3, -0.25) is 25.2 Å². The molecule has 25 heavy (non-hydrogen) atoms. The minimum atomic E-state index is -0.979. The lowest BCUT2D eigenvalue weighted by molar-refractivity contribution is -0.384. The summed E-state index contributed by atoms with van der Waals surface area (Å²) in [5.41, 5.74) is -0.476. The van der Waals surface area contributed by atoms with Crippen molar-refractivity contribution in [2.75, 3.05) is 13.7 Å². The molecule has 10 nitrogen and oxygen atoms in total. The molecule has 10 heteroatoms. The molecule has 2 amide bonds. The zero-order chi connectivity index (χ0) is 19.0. The van der Waals surface area contributed by atoms with Gasteiger partial charge in [-0.2, -0.15) is 0 Å². The van der Waals surface area contributed by atoms with E-state index in [0.29, 0.717) is 0 Å². The molecule has 0 aliphatic rings. The Morgan fingerprint density at radius 1 is 1.44 bits per heavy atom. The molecule has 0 heterocycles. The number of hydrogen-bond donors (Lipinski definition) is 2. The third-order valence-electron chi connectivity index (χ3n) is 2.83. The molecule has 1 aromatic rings. The third-order valence-corrected chi connectivity index (χ3v) is 2.83. The van der Waals surface area contributed by atoms with Crippen molar-refractivity contribution in [3.8, 4) is 5.75 Å². The van der Waals surface area contributed by atoms with E-state index in [4.69, 9.17) is 4.74 Å². The number of nitro groups is 1. The van der Waals surface area contributed by atoms with Crippen LogP contribution < -0.4 is 10.1 Å². The summed E-state index contributed by atoms with van der Waals surface area (Å²) < 4.78 is 9.61. The van der Waals surface area contributed by atoms with Crippen LogP contribution in [-0.4, -0.2) is 42.0 Å². The predicted molar refractivity (Wildman–Crippen MR) is 88.3 cm³/mol. The highest BCUT2D eigenvalue weighted by Gasteiger charge is 2.16. The summed E-state index contributed by atoms with van der Waals surface area (Å²) in [7, 11) is 1.35. The summed E-state index contributed by atoms with van der Waals surface area (Å²) in [6.07, 6.45) is -0.0153. The number of aliphatic hydroxyl groups is 1. The molecule has 0 spiro atoms. The first kappa shape index (κ1) is 19.6. The number of nitrogens with one attached hydrogen (secondary N) is 1. The predicted octanol–water partition coefficient (Wildman–Crippen LogP) is 2.41. The summed E-state index contributed by atoms with van der Waals surface area (Å²) in [5, 5.41) is 22.4. The largest absolute Gasteiger partial charge is 0.512 e. The number of non-ortho nitro benzene ring substituents is 1. The number of benzene rings is 1. The van der Waals surface area contributed by atoms with Gasteiger partial charge >= 0.3 is 6.09 Å². The number of ether oxygens (including phenoxy) is 2. The van der Waals surface area contributed by atoms with Gasteiger partial charge in [0.05, 0.1) is 24.2 Å². The van der Waals surface area contributed by atoms with Crippen LogP contribution >= 0.6 is 0 Å². The molecular weight excluding hydrogens is 334 g/mol. The van der Waals surface area contributed by atoms with Gasteiger partial charge in [0.2, 0.25) is 0 Å². The molecule has 0 aliphatic carbocycles. The summed E-state index contributed by atoms with van der Waals surface area (Å²) in [6, 6.07) is 3.72. The van der Waals surface area contributed by atoms with E-state index in [1.165, 1.54) is 26.2 Å². The lowest BCUT2D eigenvalue weighted by Crippen LogP contribution is -2.33. The van der Waals surface area contributed by atoms with Gasteiger partial charge in [0.1, 0.15) is 17.2 Å². The fourth-order valence-electron chi connectivity index (χ4n) is 1.67. The van der Waals surface area contributed by atoms with E-state index < -0.39 is 22.7 Å². The van der Waals surface area contributed by atoms with E-state index in [1.807, 2.05) is 5.32 Å². The zero-order valence-corrected chi connectivity index (χ0v) is 13.8. The highest BCUT2D eigenvalue weighted by Crippen LogP contribution is 2.31. The van der Waals surface area contributed by atoms with Crippen LogP contribution in [0.3, 0.4) is 0 Å². The van der Waals surface area contributed by atoms with Crippen molar-refractivity contribution >= 4 is 29.6 Å². The highest BCUT2D eigenvalue weighted by atomic mass is 16.6. The standard InChI is InChI=1S/C15H17N3O7/c1-4-25-15(21)17-14(20)11(9(2)19)8-16-12-7-10(18(22)23)5-6-13(12)24-3/h5-8,19H,4H2,1-3H3,(H,17,20,21).